The molecule has 0 fully saturated rings. The van der Waals surface area contributed by atoms with Crippen molar-refractivity contribution < 1.29 is 23.9 Å². The molecule has 1 aliphatic rings. The Kier molecular flexibility index (Phi) is 5.75. The fourth-order valence-corrected chi connectivity index (χ4v) is 2.95. The van der Waals surface area contributed by atoms with Crippen molar-refractivity contribution in [3.05, 3.63) is 70.2 Å². The normalized spacial score (nSPS) is 13.9. The van der Waals surface area contributed by atoms with Crippen molar-refractivity contribution in [2.75, 3.05) is 13.2 Å². The van der Waals surface area contributed by atoms with Crippen molar-refractivity contribution in [3.63, 3.8) is 0 Å². The molecular weight excluding hydrogens is 384 g/mol. The number of hydrogen-bond acceptors (Lipinski definition) is 5. The minimum atomic E-state index is -0.844. The third-order valence-electron chi connectivity index (χ3n) is 4.28. The summed E-state index contributed by atoms with van der Waals surface area (Å²) in [5.74, 6) is -2.46. The van der Waals surface area contributed by atoms with Gasteiger partial charge in [0, 0.05) is 5.02 Å². The van der Waals surface area contributed by atoms with E-state index in [1.54, 1.807) is 43.3 Å². The Morgan fingerprint density at radius 1 is 1.04 bits per heavy atom. The maximum Gasteiger partial charge on any atom is 0.326 e. The van der Waals surface area contributed by atoms with E-state index in [1.807, 2.05) is 0 Å². The number of benzene rings is 2. The molecule has 0 aliphatic carbocycles. The first-order valence-electron chi connectivity index (χ1n) is 8.52. The standard InChI is InChI=1S/C20H17ClN2O5/c1-12(13-6-8-14(21)9-7-13)22-17(24)11-28-18(25)10-23-19(26)15-4-2-3-5-16(15)20(23)27/h2-9,12H,10-11H2,1H3,(H,22,24)/t12-/m0/s1. The maximum absolute atomic E-state index is 12.2. The molecule has 1 atom stereocenters. The third kappa shape index (κ3) is 4.20. The number of imide groups is 1. The van der Waals surface area contributed by atoms with E-state index in [9.17, 15) is 19.2 Å². The summed E-state index contributed by atoms with van der Waals surface area (Å²) in [6.07, 6.45) is 0. The Labute approximate surface area is 166 Å². The van der Waals surface area contributed by atoms with Gasteiger partial charge < -0.3 is 10.1 Å². The molecule has 28 heavy (non-hydrogen) atoms. The van der Waals surface area contributed by atoms with E-state index >= 15 is 0 Å². The number of carbonyl (C=O) groups excluding carboxylic acids is 4. The van der Waals surface area contributed by atoms with Gasteiger partial charge in [0.05, 0.1) is 17.2 Å². The summed E-state index contributed by atoms with van der Waals surface area (Å²) < 4.78 is 4.90. The number of ether oxygens (including phenoxy) is 1. The molecular formula is C20H17ClN2O5. The van der Waals surface area contributed by atoms with Crippen LogP contribution < -0.4 is 5.32 Å². The molecule has 0 saturated carbocycles. The number of rotatable bonds is 6. The molecule has 7 nitrogen and oxygen atoms in total. The first-order valence-corrected chi connectivity index (χ1v) is 8.90. The van der Waals surface area contributed by atoms with E-state index in [4.69, 9.17) is 16.3 Å². The first kappa shape index (κ1) is 19.6. The van der Waals surface area contributed by atoms with Crippen LogP contribution in [0.4, 0.5) is 0 Å². The second kappa shape index (κ2) is 8.22. The molecule has 2 aromatic carbocycles. The number of nitrogens with one attached hydrogen (secondary N) is 1. The Balaban J connectivity index is 1.49. The van der Waals surface area contributed by atoms with Gasteiger partial charge in [-0.15, -0.1) is 0 Å². The van der Waals surface area contributed by atoms with Crippen molar-refractivity contribution in [3.8, 4) is 0 Å². The third-order valence-corrected chi connectivity index (χ3v) is 4.53. The SMILES string of the molecule is C[C@H](NC(=O)COC(=O)CN1C(=O)c2ccccc2C1=O)c1ccc(Cl)cc1. The van der Waals surface area contributed by atoms with Gasteiger partial charge in [-0.3, -0.25) is 24.1 Å². The largest absolute Gasteiger partial charge is 0.454 e. The van der Waals surface area contributed by atoms with Gasteiger partial charge in [0.1, 0.15) is 6.54 Å². The quantitative estimate of drug-likeness (QED) is 0.593. The number of hydrogen-bond donors (Lipinski definition) is 1. The van der Waals surface area contributed by atoms with Gasteiger partial charge in [-0.1, -0.05) is 35.9 Å². The van der Waals surface area contributed by atoms with E-state index in [-0.39, 0.29) is 17.2 Å². The highest BCUT2D eigenvalue weighted by molar-refractivity contribution is 6.30. The fourth-order valence-electron chi connectivity index (χ4n) is 2.82. The molecule has 0 spiro atoms. The summed E-state index contributed by atoms with van der Waals surface area (Å²) in [7, 11) is 0. The van der Waals surface area contributed by atoms with Crippen LogP contribution in [0.2, 0.25) is 5.02 Å². The van der Waals surface area contributed by atoms with Crippen molar-refractivity contribution in [1.29, 1.82) is 0 Å². The van der Waals surface area contributed by atoms with Crippen molar-refractivity contribution in [2.24, 2.45) is 0 Å². The topological polar surface area (TPSA) is 92.8 Å². The van der Waals surface area contributed by atoms with Crippen molar-refractivity contribution >= 4 is 35.3 Å². The van der Waals surface area contributed by atoms with Crippen LogP contribution in [-0.4, -0.2) is 41.7 Å². The summed E-state index contributed by atoms with van der Waals surface area (Å²) in [6, 6.07) is 13.0. The Bertz CT molecular complexity index is 907. The molecule has 1 heterocycles. The van der Waals surface area contributed by atoms with Crippen LogP contribution in [0.25, 0.3) is 0 Å². The van der Waals surface area contributed by atoms with Gasteiger partial charge in [0.2, 0.25) is 0 Å². The maximum atomic E-state index is 12.2. The van der Waals surface area contributed by atoms with Gasteiger partial charge >= 0.3 is 5.97 Å². The molecule has 1 aliphatic heterocycles. The number of amides is 3. The smallest absolute Gasteiger partial charge is 0.326 e. The summed E-state index contributed by atoms with van der Waals surface area (Å²) in [6.45, 7) is 0.716. The first-order chi connectivity index (χ1) is 13.4. The van der Waals surface area contributed by atoms with Gasteiger partial charge in [-0.2, -0.15) is 0 Å². The zero-order valence-electron chi connectivity index (χ0n) is 15.0. The average molecular weight is 401 g/mol. The molecule has 0 bridgehead atoms. The fraction of sp³-hybridized carbons (Fsp3) is 0.200. The van der Waals surface area contributed by atoms with Crippen LogP contribution in [0, 0.1) is 0 Å². The van der Waals surface area contributed by atoms with E-state index in [1.165, 1.54) is 12.1 Å². The van der Waals surface area contributed by atoms with Gasteiger partial charge in [0.25, 0.3) is 17.7 Å². The molecule has 3 rings (SSSR count). The predicted molar refractivity (Wildman–Crippen MR) is 101 cm³/mol. The average Bonchev–Trinajstić information content (AvgIpc) is 2.92. The van der Waals surface area contributed by atoms with Gasteiger partial charge in [-0.25, -0.2) is 0 Å². The predicted octanol–water partition coefficient (Wildman–Crippen LogP) is 2.36. The Hall–Kier alpha value is -3.19. The summed E-state index contributed by atoms with van der Waals surface area (Å²) in [5, 5.41) is 3.28. The minimum absolute atomic E-state index is 0.245. The summed E-state index contributed by atoms with van der Waals surface area (Å²) in [4.78, 5) is 49.2. The second-order valence-electron chi connectivity index (χ2n) is 6.24. The highest BCUT2D eigenvalue weighted by Crippen LogP contribution is 2.22. The number of nitrogens with zero attached hydrogens (tertiary/aromatic N) is 1. The van der Waals surface area contributed by atoms with Crippen LogP contribution in [-0.2, 0) is 14.3 Å². The lowest BCUT2D eigenvalue weighted by atomic mass is 10.1. The zero-order chi connectivity index (χ0) is 20.3. The van der Waals surface area contributed by atoms with Crippen LogP contribution in [0.5, 0.6) is 0 Å². The molecule has 144 valence electrons. The number of halogens is 1. The van der Waals surface area contributed by atoms with E-state index in [0.717, 1.165) is 10.5 Å². The van der Waals surface area contributed by atoms with Crippen LogP contribution in [0.1, 0.15) is 39.2 Å². The van der Waals surface area contributed by atoms with Crippen LogP contribution >= 0.6 is 11.6 Å². The molecule has 0 radical (unpaired) electrons. The lowest BCUT2D eigenvalue weighted by Gasteiger charge is -2.15. The van der Waals surface area contributed by atoms with Gasteiger partial charge in [-0.05, 0) is 36.8 Å². The van der Waals surface area contributed by atoms with Crippen LogP contribution in [0.15, 0.2) is 48.5 Å². The van der Waals surface area contributed by atoms with Crippen molar-refractivity contribution in [1.82, 2.24) is 10.2 Å². The van der Waals surface area contributed by atoms with Gasteiger partial charge in [0.15, 0.2) is 6.61 Å². The van der Waals surface area contributed by atoms with Crippen molar-refractivity contribution in [2.45, 2.75) is 13.0 Å². The van der Waals surface area contributed by atoms with Crippen LogP contribution in [0.3, 0.4) is 0 Å². The lowest BCUT2D eigenvalue weighted by Crippen LogP contribution is -2.37. The molecule has 3 amide bonds. The summed E-state index contributed by atoms with van der Waals surface area (Å²) in [5.41, 5.74) is 1.33. The molecule has 0 aromatic heterocycles. The number of carbonyl (C=O) groups is 4. The molecule has 8 heteroatoms. The molecule has 1 N–H and O–H groups in total. The van der Waals surface area contributed by atoms with E-state index < -0.39 is 36.8 Å². The highest BCUT2D eigenvalue weighted by atomic mass is 35.5. The second-order valence-corrected chi connectivity index (χ2v) is 6.68. The Morgan fingerprint density at radius 3 is 2.18 bits per heavy atom. The van der Waals surface area contributed by atoms with E-state index in [2.05, 4.69) is 5.32 Å². The number of esters is 1. The number of fused-ring (bicyclic) bond motifs is 1. The minimum Gasteiger partial charge on any atom is -0.454 e. The summed E-state index contributed by atoms with van der Waals surface area (Å²) >= 11 is 5.83. The zero-order valence-corrected chi connectivity index (χ0v) is 15.7. The Morgan fingerprint density at radius 2 is 1.61 bits per heavy atom. The monoisotopic (exact) mass is 400 g/mol. The highest BCUT2D eigenvalue weighted by Gasteiger charge is 2.36. The lowest BCUT2D eigenvalue weighted by molar-refractivity contribution is -0.148. The van der Waals surface area contributed by atoms with E-state index in [0.29, 0.717) is 5.02 Å². The molecule has 2 aromatic rings. The molecule has 0 unspecified atom stereocenters. The molecule has 0 saturated heterocycles.